The normalized spacial score (nSPS) is 24.7. The van der Waals surface area contributed by atoms with Gasteiger partial charge in [0.1, 0.15) is 17.2 Å². The van der Waals surface area contributed by atoms with Crippen molar-refractivity contribution in [3.8, 4) is 0 Å². The van der Waals surface area contributed by atoms with E-state index < -0.39 is 41.5 Å². The van der Waals surface area contributed by atoms with Crippen molar-refractivity contribution < 1.29 is 22.7 Å². The van der Waals surface area contributed by atoms with Crippen LogP contribution in [0.1, 0.15) is 23.1 Å². The molecule has 0 fully saturated rings. The molecule has 0 saturated heterocycles. The summed E-state index contributed by atoms with van der Waals surface area (Å²) in [5.74, 6) is -5.57. The van der Waals surface area contributed by atoms with Crippen LogP contribution in [0, 0.1) is 5.82 Å². The predicted molar refractivity (Wildman–Crippen MR) is 62.6 cm³/mol. The van der Waals surface area contributed by atoms with Crippen molar-refractivity contribution in [2.75, 3.05) is 6.61 Å². The molecule has 4 N–H and O–H groups in total. The van der Waals surface area contributed by atoms with E-state index in [0.717, 1.165) is 19.1 Å². The van der Waals surface area contributed by atoms with Gasteiger partial charge in [0.25, 0.3) is 11.9 Å². The molecule has 1 aromatic heterocycles. The summed E-state index contributed by atoms with van der Waals surface area (Å²) in [6, 6.07) is 1.31. The number of amidine groups is 1. The zero-order chi connectivity index (χ0) is 15.1. The van der Waals surface area contributed by atoms with Crippen LogP contribution in [0.25, 0.3) is 0 Å². The molecule has 0 saturated carbocycles. The number of ether oxygens (including phenoxy) is 1. The van der Waals surface area contributed by atoms with Gasteiger partial charge in [0.15, 0.2) is 12.1 Å². The van der Waals surface area contributed by atoms with Crippen LogP contribution in [0.2, 0.25) is 0 Å². The quantitative estimate of drug-likeness (QED) is 0.827. The minimum atomic E-state index is -3.56. The number of amides is 1. The van der Waals surface area contributed by atoms with Gasteiger partial charge >= 0.3 is 5.92 Å². The Hall–Kier alpha value is -2.32. The van der Waals surface area contributed by atoms with Crippen molar-refractivity contribution in [2.45, 2.75) is 18.4 Å². The standard InChI is InChI=1S/C11H11F3N4O2/c1-10(11(13,14)4-20-9(16)18-10)7-5(12)2-3-6(17-7)8(15)19/h2-3H,4H2,1H3,(H2,15,19)(H2,16,18)/t10-/m1/s1. The molecule has 1 aromatic rings. The van der Waals surface area contributed by atoms with E-state index in [1.807, 2.05) is 0 Å². The Bertz CT molecular complexity index is 605. The maximum absolute atomic E-state index is 14.0. The Kier molecular flexibility index (Phi) is 3.07. The van der Waals surface area contributed by atoms with Gasteiger partial charge in [0.2, 0.25) is 0 Å². The lowest BCUT2D eigenvalue weighted by atomic mass is 9.89. The highest BCUT2D eigenvalue weighted by molar-refractivity contribution is 5.90. The van der Waals surface area contributed by atoms with Gasteiger partial charge in [0, 0.05) is 0 Å². The van der Waals surface area contributed by atoms with E-state index in [2.05, 4.69) is 14.7 Å². The van der Waals surface area contributed by atoms with E-state index >= 15 is 0 Å². The van der Waals surface area contributed by atoms with Crippen LogP contribution < -0.4 is 11.5 Å². The van der Waals surface area contributed by atoms with Crippen molar-refractivity contribution in [3.05, 3.63) is 29.3 Å². The lowest BCUT2D eigenvalue weighted by Crippen LogP contribution is -2.51. The van der Waals surface area contributed by atoms with Crippen LogP contribution in [0.5, 0.6) is 0 Å². The third kappa shape index (κ3) is 2.04. The summed E-state index contributed by atoms with van der Waals surface area (Å²) in [6.45, 7) is -0.112. The highest BCUT2D eigenvalue weighted by atomic mass is 19.3. The summed E-state index contributed by atoms with van der Waals surface area (Å²) in [5.41, 5.74) is 6.82. The molecule has 0 unspecified atom stereocenters. The Morgan fingerprint density at radius 2 is 2.10 bits per heavy atom. The van der Waals surface area contributed by atoms with E-state index in [-0.39, 0.29) is 5.69 Å². The van der Waals surface area contributed by atoms with Gasteiger partial charge in [-0.1, -0.05) is 0 Å². The molecular weight excluding hydrogens is 277 g/mol. The number of aliphatic imine (C=N–C) groups is 1. The number of nitrogens with two attached hydrogens (primary N) is 2. The van der Waals surface area contributed by atoms with Crippen LogP contribution >= 0.6 is 0 Å². The third-order valence-corrected chi connectivity index (χ3v) is 3.01. The summed E-state index contributed by atoms with van der Waals surface area (Å²) in [5, 5.41) is 0. The van der Waals surface area contributed by atoms with Crippen LogP contribution in [0.4, 0.5) is 13.2 Å². The average molecular weight is 288 g/mol. The van der Waals surface area contributed by atoms with Gasteiger partial charge in [-0.2, -0.15) is 8.78 Å². The zero-order valence-electron chi connectivity index (χ0n) is 10.4. The number of rotatable bonds is 2. The molecular formula is C11H11F3N4O2. The van der Waals surface area contributed by atoms with Crippen molar-refractivity contribution in [2.24, 2.45) is 16.5 Å². The maximum atomic E-state index is 14.0. The van der Waals surface area contributed by atoms with Crippen molar-refractivity contribution in [1.82, 2.24) is 4.98 Å². The zero-order valence-corrected chi connectivity index (χ0v) is 10.4. The lowest BCUT2D eigenvalue weighted by Gasteiger charge is -2.36. The molecule has 20 heavy (non-hydrogen) atoms. The molecule has 108 valence electrons. The molecule has 9 heteroatoms. The number of hydrogen-bond donors (Lipinski definition) is 2. The van der Waals surface area contributed by atoms with E-state index in [0.29, 0.717) is 0 Å². The molecule has 0 radical (unpaired) electrons. The van der Waals surface area contributed by atoms with Crippen molar-refractivity contribution in [3.63, 3.8) is 0 Å². The highest BCUT2D eigenvalue weighted by Crippen LogP contribution is 2.43. The smallest absolute Gasteiger partial charge is 0.311 e. The largest absolute Gasteiger partial charge is 0.459 e. The second kappa shape index (κ2) is 4.36. The Labute approximate surface area is 111 Å². The van der Waals surface area contributed by atoms with E-state index in [4.69, 9.17) is 11.5 Å². The molecule has 0 bridgehead atoms. The second-order valence-electron chi connectivity index (χ2n) is 4.41. The molecule has 0 aliphatic carbocycles. The maximum Gasteiger partial charge on any atom is 0.311 e. The number of halogens is 3. The third-order valence-electron chi connectivity index (χ3n) is 3.01. The fraction of sp³-hybridized carbons (Fsp3) is 0.364. The number of carbonyl (C=O) groups is 1. The fourth-order valence-electron chi connectivity index (χ4n) is 1.79. The number of carbonyl (C=O) groups excluding carboxylic acids is 1. The number of pyridine rings is 1. The number of alkyl halides is 2. The molecule has 1 atom stereocenters. The SMILES string of the molecule is C[C@]1(c2nc(C(N)=O)ccc2F)N=C(N)OCC1(F)F. The van der Waals surface area contributed by atoms with Crippen LogP contribution in [0.3, 0.4) is 0 Å². The van der Waals surface area contributed by atoms with Crippen molar-refractivity contribution >= 4 is 11.9 Å². The predicted octanol–water partition coefficient (Wildman–Crippen LogP) is 0.515. The lowest BCUT2D eigenvalue weighted by molar-refractivity contribution is -0.118. The first kappa shape index (κ1) is 14.1. The molecule has 2 heterocycles. The van der Waals surface area contributed by atoms with Crippen molar-refractivity contribution in [1.29, 1.82) is 0 Å². The van der Waals surface area contributed by atoms with Crippen LogP contribution in [0.15, 0.2) is 17.1 Å². The molecule has 1 aliphatic rings. The average Bonchev–Trinajstić information content (AvgIpc) is 2.35. The fourth-order valence-corrected chi connectivity index (χ4v) is 1.79. The van der Waals surface area contributed by atoms with Gasteiger partial charge in [-0.25, -0.2) is 14.4 Å². The molecule has 1 amide bonds. The Morgan fingerprint density at radius 1 is 1.45 bits per heavy atom. The number of primary amides is 1. The molecule has 0 spiro atoms. The summed E-state index contributed by atoms with van der Waals surface area (Å²) in [7, 11) is 0. The molecule has 0 aromatic carbocycles. The van der Waals surface area contributed by atoms with Gasteiger partial charge in [-0.15, -0.1) is 0 Å². The number of nitrogens with zero attached hydrogens (tertiary/aromatic N) is 2. The van der Waals surface area contributed by atoms with Gasteiger partial charge in [0.05, 0.1) is 0 Å². The van der Waals surface area contributed by atoms with Gasteiger partial charge in [-0.3, -0.25) is 4.79 Å². The highest BCUT2D eigenvalue weighted by Gasteiger charge is 2.57. The Morgan fingerprint density at radius 3 is 2.70 bits per heavy atom. The van der Waals surface area contributed by atoms with Gasteiger partial charge < -0.3 is 16.2 Å². The summed E-state index contributed by atoms with van der Waals surface area (Å²) in [4.78, 5) is 18.1. The van der Waals surface area contributed by atoms with Gasteiger partial charge in [-0.05, 0) is 19.1 Å². The summed E-state index contributed by atoms with van der Waals surface area (Å²) in [6.07, 6.45) is 0. The molecule has 1 aliphatic heterocycles. The van der Waals surface area contributed by atoms with E-state index in [9.17, 15) is 18.0 Å². The first-order valence-electron chi connectivity index (χ1n) is 5.50. The summed E-state index contributed by atoms with van der Waals surface area (Å²) >= 11 is 0. The van der Waals surface area contributed by atoms with Crippen LogP contribution in [-0.4, -0.2) is 29.4 Å². The molecule has 2 rings (SSSR count). The van der Waals surface area contributed by atoms with E-state index in [1.165, 1.54) is 0 Å². The van der Waals surface area contributed by atoms with Crippen LogP contribution in [-0.2, 0) is 10.3 Å². The topological polar surface area (TPSA) is 104 Å². The summed E-state index contributed by atoms with van der Waals surface area (Å²) < 4.78 is 46.3. The monoisotopic (exact) mass is 288 g/mol. The number of aromatic nitrogens is 1. The first-order chi connectivity index (χ1) is 9.17. The molecule has 6 nitrogen and oxygen atoms in total. The minimum absolute atomic E-state index is 0.348. The number of hydrogen-bond acceptors (Lipinski definition) is 5. The minimum Gasteiger partial charge on any atom is -0.459 e. The van der Waals surface area contributed by atoms with E-state index in [1.54, 1.807) is 0 Å². The first-order valence-corrected chi connectivity index (χ1v) is 5.50. The Balaban J connectivity index is 2.66. The second-order valence-corrected chi connectivity index (χ2v) is 4.41.